The van der Waals surface area contributed by atoms with E-state index in [1.54, 1.807) is 32.4 Å². The van der Waals surface area contributed by atoms with Crippen LogP contribution in [0.2, 0.25) is 0 Å². The monoisotopic (exact) mass is 286 g/mol. The van der Waals surface area contributed by atoms with E-state index in [1.807, 2.05) is 0 Å². The highest BCUT2D eigenvalue weighted by atomic mass is 35.5. The minimum atomic E-state index is -0.0964. The topological polar surface area (TPSA) is 59.6 Å². The van der Waals surface area contributed by atoms with Gasteiger partial charge in [0.25, 0.3) is 5.91 Å². The zero-order valence-corrected chi connectivity index (χ0v) is 11.9. The first-order chi connectivity index (χ1) is 8.72. The fourth-order valence-corrected chi connectivity index (χ4v) is 1.99. The molecule has 0 radical (unpaired) electrons. The van der Waals surface area contributed by atoms with E-state index in [0.717, 1.165) is 19.5 Å². The van der Waals surface area contributed by atoms with Crippen LogP contribution in [0.1, 0.15) is 16.8 Å². The lowest BCUT2D eigenvalue weighted by Gasteiger charge is -2.13. The number of hydrogen-bond acceptors (Lipinski definition) is 4. The van der Waals surface area contributed by atoms with Crippen molar-refractivity contribution < 1.29 is 14.3 Å². The lowest BCUT2D eigenvalue weighted by molar-refractivity contribution is 0.0939. The van der Waals surface area contributed by atoms with E-state index >= 15 is 0 Å². The van der Waals surface area contributed by atoms with Crippen LogP contribution < -0.4 is 20.1 Å². The average Bonchev–Trinajstić information content (AvgIpc) is 2.90. The molecule has 5 nitrogen and oxygen atoms in total. The Morgan fingerprint density at radius 1 is 1.26 bits per heavy atom. The molecule has 0 bridgehead atoms. The van der Waals surface area contributed by atoms with Gasteiger partial charge in [-0.05, 0) is 25.1 Å². The summed E-state index contributed by atoms with van der Waals surface area (Å²) in [4.78, 5) is 12.1. The highest BCUT2D eigenvalue weighted by Gasteiger charge is 2.18. The average molecular weight is 287 g/mol. The van der Waals surface area contributed by atoms with Gasteiger partial charge in [-0.3, -0.25) is 4.79 Å². The smallest absolute Gasteiger partial charge is 0.251 e. The number of halogens is 1. The molecule has 2 N–H and O–H groups in total. The first-order valence-electron chi connectivity index (χ1n) is 5.97. The maximum Gasteiger partial charge on any atom is 0.251 e. The molecule has 1 aromatic rings. The van der Waals surface area contributed by atoms with E-state index in [2.05, 4.69) is 10.6 Å². The van der Waals surface area contributed by atoms with Gasteiger partial charge in [-0.2, -0.15) is 0 Å². The summed E-state index contributed by atoms with van der Waals surface area (Å²) in [5.41, 5.74) is 0.554. The molecule has 2 rings (SSSR count). The largest absolute Gasteiger partial charge is 0.497 e. The summed E-state index contributed by atoms with van der Waals surface area (Å²) >= 11 is 0. The second-order valence-corrected chi connectivity index (χ2v) is 4.26. The lowest BCUT2D eigenvalue weighted by Crippen LogP contribution is -2.36. The summed E-state index contributed by atoms with van der Waals surface area (Å²) in [5, 5.41) is 6.20. The molecule has 1 aliphatic rings. The van der Waals surface area contributed by atoms with Gasteiger partial charge in [0.15, 0.2) is 0 Å². The van der Waals surface area contributed by atoms with Crippen molar-refractivity contribution in [2.45, 2.75) is 12.5 Å². The number of carbonyl (C=O) groups excluding carboxylic acids is 1. The van der Waals surface area contributed by atoms with Crippen molar-refractivity contribution in [2.24, 2.45) is 0 Å². The molecule has 0 aliphatic carbocycles. The van der Waals surface area contributed by atoms with Gasteiger partial charge in [-0.15, -0.1) is 12.4 Å². The fraction of sp³-hybridized carbons (Fsp3) is 0.462. The highest BCUT2D eigenvalue weighted by molar-refractivity contribution is 5.95. The van der Waals surface area contributed by atoms with Gasteiger partial charge in [0.1, 0.15) is 11.5 Å². The van der Waals surface area contributed by atoms with Crippen molar-refractivity contribution in [3.05, 3.63) is 23.8 Å². The van der Waals surface area contributed by atoms with Crippen LogP contribution in [-0.2, 0) is 0 Å². The van der Waals surface area contributed by atoms with E-state index in [0.29, 0.717) is 17.1 Å². The fourth-order valence-electron chi connectivity index (χ4n) is 1.99. The molecule has 1 aromatic carbocycles. The predicted molar refractivity (Wildman–Crippen MR) is 75.5 cm³/mol. The van der Waals surface area contributed by atoms with Crippen LogP contribution in [0.5, 0.6) is 11.5 Å². The normalized spacial score (nSPS) is 17.5. The Kier molecular flexibility index (Phi) is 5.92. The van der Waals surface area contributed by atoms with Gasteiger partial charge in [-0.1, -0.05) is 0 Å². The zero-order valence-electron chi connectivity index (χ0n) is 11.1. The van der Waals surface area contributed by atoms with Crippen molar-refractivity contribution in [3.8, 4) is 11.5 Å². The molecule has 0 aromatic heterocycles. The maximum atomic E-state index is 12.1. The van der Waals surface area contributed by atoms with Crippen molar-refractivity contribution in [2.75, 3.05) is 27.3 Å². The molecule has 1 heterocycles. The second kappa shape index (κ2) is 7.21. The van der Waals surface area contributed by atoms with Gasteiger partial charge in [0, 0.05) is 24.2 Å². The van der Waals surface area contributed by atoms with Gasteiger partial charge >= 0.3 is 0 Å². The minimum absolute atomic E-state index is 0. The third-order valence-electron chi connectivity index (χ3n) is 3.01. The summed E-state index contributed by atoms with van der Waals surface area (Å²) in [6, 6.07) is 5.36. The van der Waals surface area contributed by atoms with E-state index in [-0.39, 0.29) is 24.4 Å². The van der Waals surface area contributed by atoms with E-state index in [4.69, 9.17) is 9.47 Å². The number of methoxy groups -OCH3 is 2. The minimum Gasteiger partial charge on any atom is -0.497 e. The molecule has 0 saturated carbocycles. The predicted octanol–water partition coefficient (Wildman–Crippen LogP) is 1.22. The number of rotatable bonds is 4. The quantitative estimate of drug-likeness (QED) is 0.874. The molecule has 19 heavy (non-hydrogen) atoms. The molecule has 1 fully saturated rings. The third-order valence-corrected chi connectivity index (χ3v) is 3.01. The Bertz CT molecular complexity index is 412. The van der Waals surface area contributed by atoms with Gasteiger partial charge in [0.05, 0.1) is 14.2 Å². The Morgan fingerprint density at radius 3 is 2.37 bits per heavy atom. The molecule has 1 aliphatic heterocycles. The Labute approximate surface area is 119 Å². The van der Waals surface area contributed by atoms with Crippen LogP contribution in [0, 0.1) is 0 Å². The van der Waals surface area contributed by atoms with Gasteiger partial charge in [-0.25, -0.2) is 0 Å². The molecule has 1 atom stereocenters. The first-order valence-corrected chi connectivity index (χ1v) is 5.97. The number of hydrogen-bond donors (Lipinski definition) is 2. The van der Waals surface area contributed by atoms with Crippen LogP contribution in [0.25, 0.3) is 0 Å². The number of nitrogens with one attached hydrogen (secondary N) is 2. The molecular weight excluding hydrogens is 268 g/mol. The van der Waals surface area contributed by atoms with Crippen molar-refractivity contribution in [1.29, 1.82) is 0 Å². The molecule has 6 heteroatoms. The van der Waals surface area contributed by atoms with Crippen LogP contribution in [-0.4, -0.2) is 39.3 Å². The van der Waals surface area contributed by atoms with Crippen LogP contribution in [0.4, 0.5) is 0 Å². The highest BCUT2D eigenvalue weighted by Crippen LogP contribution is 2.22. The van der Waals surface area contributed by atoms with Crippen molar-refractivity contribution >= 4 is 18.3 Å². The van der Waals surface area contributed by atoms with Crippen molar-refractivity contribution in [3.63, 3.8) is 0 Å². The SMILES string of the molecule is COc1cc(OC)cc(C(=O)NC2CCNC2)c1.Cl. The molecule has 0 spiro atoms. The van der Waals surface area contributed by atoms with Crippen molar-refractivity contribution in [1.82, 2.24) is 10.6 Å². The first kappa shape index (κ1) is 15.6. The standard InChI is InChI=1S/C13H18N2O3.ClH/c1-17-11-5-9(6-12(7-11)18-2)13(16)15-10-3-4-14-8-10;/h5-7,10,14H,3-4,8H2,1-2H3,(H,15,16);1H. The summed E-state index contributed by atoms with van der Waals surface area (Å²) in [6.45, 7) is 1.78. The lowest BCUT2D eigenvalue weighted by atomic mass is 10.1. The Balaban J connectivity index is 0.00000180. The Hall–Kier alpha value is -1.46. The molecular formula is C13H19ClN2O3. The number of carbonyl (C=O) groups is 1. The Morgan fingerprint density at radius 2 is 1.89 bits per heavy atom. The summed E-state index contributed by atoms with van der Waals surface area (Å²) in [5.74, 6) is 1.13. The maximum absolute atomic E-state index is 12.1. The number of ether oxygens (including phenoxy) is 2. The van der Waals surface area contributed by atoms with Gasteiger partial charge in [0.2, 0.25) is 0 Å². The molecule has 1 saturated heterocycles. The number of amides is 1. The van der Waals surface area contributed by atoms with Crippen LogP contribution in [0.15, 0.2) is 18.2 Å². The summed E-state index contributed by atoms with van der Waals surface area (Å²) in [6.07, 6.45) is 0.965. The third kappa shape index (κ3) is 4.01. The summed E-state index contributed by atoms with van der Waals surface area (Å²) < 4.78 is 10.3. The molecule has 1 unspecified atom stereocenters. The van der Waals surface area contributed by atoms with Crippen LogP contribution >= 0.6 is 12.4 Å². The van der Waals surface area contributed by atoms with Gasteiger partial charge < -0.3 is 20.1 Å². The second-order valence-electron chi connectivity index (χ2n) is 4.26. The molecule has 106 valence electrons. The molecule has 1 amide bonds. The zero-order chi connectivity index (χ0) is 13.0. The van der Waals surface area contributed by atoms with E-state index in [9.17, 15) is 4.79 Å². The van der Waals surface area contributed by atoms with E-state index in [1.165, 1.54) is 0 Å². The number of benzene rings is 1. The van der Waals surface area contributed by atoms with E-state index < -0.39 is 0 Å². The summed E-state index contributed by atoms with van der Waals surface area (Å²) in [7, 11) is 3.13. The van der Waals surface area contributed by atoms with Crippen LogP contribution in [0.3, 0.4) is 0 Å².